The highest BCUT2D eigenvalue weighted by Gasteiger charge is 2.12. The summed E-state index contributed by atoms with van der Waals surface area (Å²) >= 11 is 17.9. The number of hydrogen-bond donors (Lipinski definition) is 0. The lowest BCUT2D eigenvalue weighted by Gasteiger charge is -2.07. The molecule has 2 aromatic carbocycles. The van der Waals surface area contributed by atoms with E-state index in [4.69, 9.17) is 34.8 Å². The second-order valence-corrected chi connectivity index (χ2v) is 6.95. The van der Waals surface area contributed by atoms with Crippen LogP contribution in [0.1, 0.15) is 5.56 Å². The van der Waals surface area contributed by atoms with Crippen molar-refractivity contribution in [2.24, 2.45) is 0 Å². The number of nitrogens with zero attached hydrogens (tertiary/aromatic N) is 4. The highest BCUT2D eigenvalue weighted by atomic mass is 35.5. The molecule has 0 unspecified atom stereocenters. The van der Waals surface area contributed by atoms with E-state index in [1.165, 1.54) is 17.1 Å². The third-order valence-corrected chi connectivity index (χ3v) is 4.95. The van der Waals surface area contributed by atoms with Crippen molar-refractivity contribution in [3.63, 3.8) is 0 Å². The monoisotopic (exact) mass is 404 g/mol. The van der Waals surface area contributed by atoms with Gasteiger partial charge in [-0.05, 0) is 42.0 Å². The van der Waals surface area contributed by atoms with Gasteiger partial charge in [0.15, 0.2) is 5.65 Å². The van der Waals surface area contributed by atoms with Gasteiger partial charge in [0.2, 0.25) is 0 Å². The molecule has 0 bridgehead atoms. The molecule has 0 aliphatic rings. The van der Waals surface area contributed by atoms with Crippen molar-refractivity contribution in [3.05, 3.63) is 86.0 Å². The highest BCUT2D eigenvalue weighted by Crippen LogP contribution is 2.23. The summed E-state index contributed by atoms with van der Waals surface area (Å²) in [7, 11) is 0. The summed E-state index contributed by atoms with van der Waals surface area (Å²) in [6.45, 7) is 0.338. The number of benzene rings is 2. The molecule has 4 rings (SSSR count). The van der Waals surface area contributed by atoms with Crippen LogP contribution in [0, 0.1) is 0 Å². The Morgan fingerprint density at radius 1 is 0.962 bits per heavy atom. The first-order valence-electron chi connectivity index (χ1n) is 7.66. The van der Waals surface area contributed by atoms with E-state index in [-0.39, 0.29) is 5.56 Å². The Labute approximate surface area is 163 Å². The van der Waals surface area contributed by atoms with Crippen LogP contribution in [0.5, 0.6) is 0 Å². The van der Waals surface area contributed by atoms with Gasteiger partial charge in [-0.2, -0.15) is 5.10 Å². The van der Waals surface area contributed by atoms with Gasteiger partial charge in [-0.1, -0.05) is 40.9 Å². The van der Waals surface area contributed by atoms with Crippen LogP contribution < -0.4 is 5.56 Å². The number of halogens is 3. The Kier molecular flexibility index (Phi) is 4.44. The Morgan fingerprint density at radius 2 is 1.73 bits per heavy atom. The maximum Gasteiger partial charge on any atom is 0.264 e. The van der Waals surface area contributed by atoms with Gasteiger partial charge in [0.05, 0.1) is 28.5 Å². The molecule has 0 fully saturated rings. The third-order valence-electron chi connectivity index (χ3n) is 3.96. The molecule has 0 aliphatic heterocycles. The van der Waals surface area contributed by atoms with Crippen LogP contribution in [-0.2, 0) is 6.54 Å². The Hall–Kier alpha value is -2.34. The molecule has 0 aliphatic carbocycles. The van der Waals surface area contributed by atoms with Gasteiger partial charge in [0.25, 0.3) is 5.56 Å². The maximum atomic E-state index is 12.8. The minimum Gasteiger partial charge on any atom is -0.294 e. The van der Waals surface area contributed by atoms with Gasteiger partial charge in [0.1, 0.15) is 11.7 Å². The van der Waals surface area contributed by atoms with E-state index < -0.39 is 0 Å². The summed E-state index contributed by atoms with van der Waals surface area (Å²) < 4.78 is 3.12. The smallest absolute Gasteiger partial charge is 0.264 e. The van der Waals surface area contributed by atoms with Crippen molar-refractivity contribution in [2.45, 2.75) is 6.54 Å². The molecule has 5 nitrogen and oxygen atoms in total. The normalized spacial score (nSPS) is 11.2. The molecule has 0 atom stereocenters. The first-order valence-corrected chi connectivity index (χ1v) is 8.79. The maximum absolute atomic E-state index is 12.8. The van der Waals surface area contributed by atoms with Crippen LogP contribution in [0.15, 0.2) is 59.8 Å². The van der Waals surface area contributed by atoms with Crippen molar-refractivity contribution >= 4 is 45.8 Å². The Bertz CT molecular complexity index is 1170. The van der Waals surface area contributed by atoms with E-state index in [0.717, 1.165) is 11.3 Å². The number of fused-ring (bicyclic) bond motifs is 1. The summed E-state index contributed by atoms with van der Waals surface area (Å²) in [5.41, 5.74) is 1.94. The fourth-order valence-electron chi connectivity index (χ4n) is 2.67. The quantitative estimate of drug-likeness (QED) is 0.501. The molecule has 0 spiro atoms. The van der Waals surface area contributed by atoms with Crippen LogP contribution in [0.3, 0.4) is 0 Å². The summed E-state index contributed by atoms with van der Waals surface area (Å²) in [6, 6.07) is 12.4. The molecule has 4 aromatic rings. The molecule has 0 amide bonds. The lowest BCUT2D eigenvalue weighted by molar-refractivity contribution is 0.745. The topological polar surface area (TPSA) is 52.7 Å². The number of hydrogen-bond acceptors (Lipinski definition) is 3. The zero-order valence-corrected chi connectivity index (χ0v) is 15.5. The van der Waals surface area contributed by atoms with Gasteiger partial charge in [-0.25, -0.2) is 9.67 Å². The lowest BCUT2D eigenvalue weighted by Crippen LogP contribution is -2.21. The SMILES string of the molecule is O=c1c2cnn(-c3ccc(Cl)cc3)c2ncn1Cc1ccc(Cl)c(Cl)c1. The summed E-state index contributed by atoms with van der Waals surface area (Å²) in [4.78, 5) is 17.2. The van der Waals surface area contributed by atoms with Crippen molar-refractivity contribution in [3.8, 4) is 5.69 Å². The Balaban J connectivity index is 1.75. The van der Waals surface area contributed by atoms with Crippen LogP contribution >= 0.6 is 34.8 Å². The molecule has 130 valence electrons. The van der Waals surface area contributed by atoms with Gasteiger partial charge in [0, 0.05) is 5.02 Å². The first kappa shape index (κ1) is 17.1. The second-order valence-electron chi connectivity index (χ2n) is 5.70. The molecule has 2 aromatic heterocycles. The van der Waals surface area contributed by atoms with E-state index in [0.29, 0.717) is 32.6 Å². The lowest BCUT2D eigenvalue weighted by atomic mass is 10.2. The first-order chi connectivity index (χ1) is 12.5. The van der Waals surface area contributed by atoms with Crippen molar-refractivity contribution in [1.29, 1.82) is 0 Å². The van der Waals surface area contributed by atoms with Crippen molar-refractivity contribution in [1.82, 2.24) is 19.3 Å². The van der Waals surface area contributed by atoms with Crippen LogP contribution in [0.25, 0.3) is 16.7 Å². The molecule has 0 radical (unpaired) electrons. The van der Waals surface area contributed by atoms with E-state index in [9.17, 15) is 4.79 Å². The van der Waals surface area contributed by atoms with E-state index in [1.807, 2.05) is 18.2 Å². The minimum atomic E-state index is -0.179. The fourth-order valence-corrected chi connectivity index (χ4v) is 3.11. The van der Waals surface area contributed by atoms with Gasteiger partial charge in [-0.3, -0.25) is 9.36 Å². The van der Waals surface area contributed by atoms with Gasteiger partial charge < -0.3 is 0 Å². The second kappa shape index (κ2) is 6.76. The average molecular weight is 406 g/mol. The van der Waals surface area contributed by atoms with Crippen LogP contribution in [0.2, 0.25) is 15.1 Å². The summed E-state index contributed by atoms with van der Waals surface area (Å²) in [6.07, 6.45) is 3.02. The third kappa shape index (κ3) is 3.09. The van der Waals surface area contributed by atoms with Gasteiger partial charge in [-0.15, -0.1) is 0 Å². The molecule has 0 N–H and O–H groups in total. The fraction of sp³-hybridized carbons (Fsp3) is 0.0556. The molecule has 0 saturated carbocycles. The molecule has 2 heterocycles. The zero-order chi connectivity index (χ0) is 18.3. The number of aromatic nitrogens is 4. The zero-order valence-electron chi connectivity index (χ0n) is 13.2. The van der Waals surface area contributed by atoms with E-state index >= 15 is 0 Å². The van der Waals surface area contributed by atoms with E-state index in [2.05, 4.69) is 10.1 Å². The molecule has 8 heteroatoms. The predicted molar refractivity (Wildman–Crippen MR) is 104 cm³/mol. The predicted octanol–water partition coefficient (Wildman–Crippen LogP) is 4.59. The minimum absolute atomic E-state index is 0.179. The molecular formula is C18H11Cl3N4O. The van der Waals surface area contributed by atoms with E-state index in [1.54, 1.807) is 28.9 Å². The van der Waals surface area contributed by atoms with Gasteiger partial charge >= 0.3 is 0 Å². The summed E-state index contributed by atoms with van der Waals surface area (Å²) in [5.74, 6) is 0. The summed E-state index contributed by atoms with van der Waals surface area (Å²) in [5, 5.41) is 6.27. The highest BCUT2D eigenvalue weighted by molar-refractivity contribution is 6.42. The largest absolute Gasteiger partial charge is 0.294 e. The van der Waals surface area contributed by atoms with Crippen LogP contribution in [-0.4, -0.2) is 19.3 Å². The Morgan fingerprint density at radius 3 is 2.46 bits per heavy atom. The molecule has 0 saturated heterocycles. The molecule has 26 heavy (non-hydrogen) atoms. The average Bonchev–Trinajstić information content (AvgIpc) is 3.06. The number of rotatable bonds is 3. The van der Waals surface area contributed by atoms with Crippen LogP contribution in [0.4, 0.5) is 0 Å². The molecular weight excluding hydrogens is 395 g/mol. The van der Waals surface area contributed by atoms with Crippen molar-refractivity contribution < 1.29 is 0 Å². The standard InChI is InChI=1S/C18H11Cl3N4O/c19-12-2-4-13(5-3-12)25-17-14(8-23-25)18(26)24(10-22-17)9-11-1-6-15(20)16(21)7-11/h1-8,10H,9H2. The van der Waals surface area contributed by atoms with Crippen molar-refractivity contribution in [2.75, 3.05) is 0 Å².